The first-order chi connectivity index (χ1) is 7.02. The Bertz CT molecular complexity index is 217. The summed E-state index contributed by atoms with van der Waals surface area (Å²) in [5.74, 6) is 0.252. The maximum Gasteiger partial charge on any atom is 0.407 e. The highest BCUT2D eigenvalue weighted by Crippen LogP contribution is 2.28. The van der Waals surface area contributed by atoms with E-state index in [9.17, 15) is 9.90 Å². The van der Waals surface area contributed by atoms with E-state index < -0.39 is 18.2 Å². The van der Waals surface area contributed by atoms with Gasteiger partial charge in [0.15, 0.2) is 0 Å². The number of nitrogens with zero attached hydrogens (tertiary/aromatic N) is 1. The van der Waals surface area contributed by atoms with Crippen molar-refractivity contribution in [1.82, 2.24) is 4.90 Å². The van der Waals surface area contributed by atoms with E-state index in [1.807, 2.05) is 0 Å². The molecule has 1 amide bonds. The van der Waals surface area contributed by atoms with Crippen molar-refractivity contribution in [3.05, 3.63) is 0 Å². The predicted molar refractivity (Wildman–Crippen MR) is 56.6 cm³/mol. The molecule has 0 aliphatic heterocycles. The minimum atomic E-state index is -1.01. The Balaban J connectivity index is 2.38. The van der Waals surface area contributed by atoms with Gasteiger partial charge in [-0.05, 0) is 18.8 Å². The summed E-state index contributed by atoms with van der Waals surface area (Å²) in [6.07, 6.45) is 2.71. The topological polar surface area (TPSA) is 86.8 Å². The molecule has 15 heavy (non-hydrogen) atoms. The van der Waals surface area contributed by atoms with Crippen molar-refractivity contribution < 1.29 is 15.0 Å². The maximum atomic E-state index is 10.6. The zero-order valence-electron chi connectivity index (χ0n) is 9.09. The summed E-state index contributed by atoms with van der Waals surface area (Å²) in [5.41, 5.74) is 5.78. The van der Waals surface area contributed by atoms with Crippen LogP contribution >= 0.6 is 0 Å². The normalized spacial score (nSPS) is 21.3. The minimum absolute atomic E-state index is 0.188. The Hall–Kier alpha value is -0.810. The van der Waals surface area contributed by atoms with Crippen LogP contribution in [0.3, 0.4) is 0 Å². The van der Waals surface area contributed by atoms with Crippen LogP contribution < -0.4 is 5.73 Å². The summed E-state index contributed by atoms with van der Waals surface area (Å²) in [6, 6.07) is -0.478. The summed E-state index contributed by atoms with van der Waals surface area (Å²) >= 11 is 0. The van der Waals surface area contributed by atoms with Crippen molar-refractivity contribution in [3.63, 3.8) is 0 Å². The minimum Gasteiger partial charge on any atom is -0.465 e. The number of likely N-dealkylation sites (N-methyl/N-ethyl adjacent to an activating group) is 1. The van der Waals surface area contributed by atoms with Crippen molar-refractivity contribution in [2.75, 3.05) is 13.6 Å². The molecule has 0 spiro atoms. The van der Waals surface area contributed by atoms with Crippen molar-refractivity contribution in [1.29, 1.82) is 0 Å². The van der Waals surface area contributed by atoms with Crippen LogP contribution in [0.15, 0.2) is 0 Å². The molecule has 0 aromatic rings. The van der Waals surface area contributed by atoms with Crippen LogP contribution in [0.2, 0.25) is 0 Å². The number of rotatable bonds is 4. The van der Waals surface area contributed by atoms with Crippen molar-refractivity contribution in [2.45, 2.75) is 37.8 Å². The quantitative estimate of drug-likeness (QED) is 0.637. The number of aliphatic hydroxyl groups excluding tert-OH is 1. The van der Waals surface area contributed by atoms with Crippen molar-refractivity contribution >= 4 is 6.09 Å². The van der Waals surface area contributed by atoms with Crippen LogP contribution in [-0.4, -0.2) is 46.9 Å². The molecule has 0 saturated heterocycles. The van der Waals surface area contributed by atoms with Gasteiger partial charge >= 0.3 is 6.09 Å². The molecular weight excluding hydrogens is 196 g/mol. The Morgan fingerprint density at radius 3 is 2.53 bits per heavy atom. The monoisotopic (exact) mass is 216 g/mol. The van der Waals surface area contributed by atoms with Gasteiger partial charge in [-0.2, -0.15) is 0 Å². The van der Waals surface area contributed by atoms with Crippen LogP contribution in [0.25, 0.3) is 0 Å². The van der Waals surface area contributed by atoms with Crippen molar-refractivity contribution in [3.8, 4) is 0 Å². The number of amides is 1. The van der Waals surface area contributed by atoms with Gasteiger partial charge in [0, 0.05) is 19.6 Å². The molecule has 0 radical (unpaired) electrons. The molecule has 0 unspecified atom stereocenters. The maximum absolute atomic E-state index is 10.6. The number of aliphatic hydroxyl groups is 1. The fourth-order valence-corrected chi connectivity index (χ4v) is 2.15. The largest absolute Gasteiger partial charge is 0.465 e. The van der Waals surface area contributed by atoms with Crippen molar-refractivity contribution in [2.24, 2.45) is 11.7 Å². The smallest absolute Gasteiger partial charge is 0.407 e. The zero-order valence-corrected chi connectivity index (χ0v) is 9.09. The Morgan fingerprint density at radius 1 is 1.53 bits per heavy atom. The van der Waals surface area contributed by atoms with Gasteiger partial charge in [0.1, 0.15) is 0 Å². The molecule has 0 heterocycles. The molecule has 1 rings (SSSR count). The zero-order chi connectivity index (χ0) is 11.4. The molecule has 0 aromatic heterocycles. The molecule has 0 aromatic carbocycles. The Morgan fingerprint density at radius 2 is 2.07 bits per heavy atom. The first-order valence-electron chi connectivity index (χ1n) is 5.40. The number of carboxylic acid groups (broad SMARTS) is 1. The lowest BCUT2D eigenvalue weighted by Crippen LogP contribution is -2.47. The molecule has 5 nitrogen and oxygen atoms in total. The second-order valence-electron chi connectivity index (χ2n) is 4.36. The molecule has 4 N–H and O–H groups in total. The first kappa shape index (κ1) is 12.3. The average molecular weight is 216 g/mol. The van der Waals surface area contributed by atoms with Crippen LogP contribution in [-0.2, 0) is 0 Å². The van der Waals surface area contributed by atoms with Gasteiger partial charge in [0.25, 0.3) is 0 Å². The highest BCUT2D eigenvalue weighted by Gasteiger charge is 2.28. The van der Waals surface area contributed by atoms with E-state index in [1.165, 1.54) is 7.05 Å². The van der Waals surface area contributed by atoms with Gasteiger partial charge in [0.2, 0.25) is 0 Å². The van der Waals surface area contributed by atoms with Gasteiger partial charge in [-0.3, -0.25) is 0 Å². The molecule has 1 saturated carbocycles. The number of hydrogen-bond acceptors (Lipinski definition) is 3. The van der Waals surface area contributed by atoms with E-state index >= 15 is 0 Å². The molecule has 1 aliphatic carbocycles. The summed E-state index contributed by atoms with van der Waals surface area (Å²) in [6.45, 7) is 0.188. The molecule has 0 bridgehead atoms. The van der Waals surface area contributed by atoms with Gasteiger partial charge in [0.05, 0.1) is 6.10 Å². The second-order valence-corrected chi connectivity index (χ2v) is 4.36. The standard InChI is InChI=1S/C10H20N2O3/c1-12(10(14)15)6-8(11)9(13)7-4-2-3-5-7/h7-9,13H,2-6,11H2,1H3,(H,14,15)/t8-,9+/m1/s1. The van der Waals surface area contributed by atoms with E-state index in [1.54, 1.807) is 0 Å². The molecular formula is C10H20N2O3. The third-order valence-electron chi connectivity index (χ3n) is 3.13. The third-order valence-corrected chi connectivity index (χ3v) is 3.13. The lowest BCUT2D eigenvalue weighted by Gasteiger charge is -2.26. The highest BCUT2D eigenvalue weighted by atomic mass is 16.4. The molecule has 2 atom stereocenters. The SMILES string of the molecule is CN(C[C@@H](N)[C@@H](O)C1CCCC1)C(=O)O. The van der Waals surface area contributed by atoms with Crippen LogP contribution in [0.4, 0.5) is 4.79 Å². The second kappa shape index (κ2) is 5.32. The summed E-state index contributed by atoms with van der Waals surface area (Å²) in [5, 5.41) is 18.6. The Kier molecular flexibility index (Phi) is 4.35. The van der Waals surface area contributed by atoms with E-state index in [4.69, 9.17) is 10.8 Å². The summed E-state index contributed by atoms with van der Waals surface area (Å²) in [7, 11) is 1.46. The molecule has 1 aliphatic rings. The fourth-order valence-electron chi connectivity index (χ4n) is 2.15. The van der Waals surface area contributed by atoms with Crippen LogP contribution in [0, 0.1) is 5.92 Å². The highest BCUT2D eigenvalue weighted by molar-refractivity contribution is 5.64. The third kappa shape index (κ3) is 3.35. The molecule has 88 valence electrons. The number of nitrogens with two attached hydrogens (primary N) is 1. The first-order valence-corrected chi connectivity index (χ1v) is 5.40. The van der Waals surface area contributed by atoms with Crippen LogP contribution in [0.5, 0.6) is 0 Å². The average Bonchev–Trinajstić information content (AvgIpc) is 2.68. The Labute approximate surface area is 89.9 Å². The van der Waals surface area contributed by atoms with Gasteiger partial charge in [-0.15, -0.1) is 0 Å². The van der Waals surface area contributed by atoms with E-state index in [2.05, 4.69) is 0 Å². The molecule has 1 fully saturated rings. The fraction of sp³-hybridized carbons (Fsp3) is 0.900. The van der Waals surface area contributed by atoms with Crippen LogP contribution in [0.1, 0.15) is 25.7 Å². The van der Waals surface area contributed by atoms with E-state index in [-0.39, 0.29) is 12.5 Å². The summed E-state index contributed by atoms with van der Waals surface area (Å²) < 4.78 is 0. The number of carbonyl (C=O) groups is 1. The molecule has 5 heteroatoms. The van der Waals surface area contributed by atoms with E-state index in [0.717, 1.165) is 30.6 Å². The van der Waals surface area contributed by atoms with Gasteiger partial charge < -0.3 is 20.8 Å². The lowest BCUT2D eigenvalue weighted by molar-refractivity contribution is 0.0708. The number of hydrogen-bond donors (Lipinski definition) is 3. The van der Waals surface area contributed by atoms with Gasteiger partial charge in [-0.25, -0.2) is 4.79 Å². The van der Waals surface area contributed by atoms with Gasteiger partial charge in [-0.1, -0.05) is 12.8 Å². The summed E-state index contributed by atoms with van der Waals surface area (Å²) in [4.78, 5) is 11.7. The lowest BCUT2D eigenvalue weighted by atomic mass is 9.95. The van der Waals surface area contributed by atoms with E-state index in [0.29, 0.717) is 0 Å². The predicted octanol–water partition coefficient (Wildman–Crippen LogP) is 0.475.